The van der Waals surface area contributed by atoms with E-state index in [-0.39, 0.29) is 5.69 Å². The lowest BCUT2D eigenvalue weighted by Gasteiger charge is -2.05. The second-order valence-corrected chi connectivity index (χ2v) is 3.32. The van der Waals surface area contributed by atoms with Crippen molar-refractivity contribution in [2.45, 2.75) is 0 Å². The van der Waals surface area contributed by atoms with Gasteiger partial charge in [0.2, 0.25) is 5.88 Å². The van der Waals surface area contributed by atoms with Crippen LogP contribution in [0.25, 0.3) is 11.1 Å². The second-order valence-electron chi connectivity index (χ2n) is 3.32. The van der Waals surface area contributed by atoms with Crippen LogP contribution in [0.3, 0.4) is 0 Å². The third kappa shape index (κ3) is 1.95. The fourth-order valence-corrected chi connectivity index (χ4v) is 1.41. The minimum absolute atomic E-state index is 0.143. The van der Waals surface area contributed by atoms with Gasteiger partial charge in [-0.1, -0.05) is 6.07 Å². The van der Waals surface area contributed by atoms with Crippen molar-refractivity contribution < 1.29 is 9.13 Å². The summed E-state index contributed by atoms with van der Waals surface area (Å²) in [6, 6.07) is 8.22. The summed E-state index contributed by atoms with van der Waals surface area (Å²) in [4.78, 5) is 3.98. The molecule has 4 heteroatoms. The van der Waals surface area contributed by atoms with Crippen molar-refractivity contribution >= 4 is 5.69 Å². The maximum absolute atomic E-state index is 13.3. The SMILES string of the molecule is COc1cc(-c2ccc(N)c(F)c2)ccn1. The van der Waals surface area contributed by atoms with E-state index in [2.05, 4.69) is 4.98 Å². The first kappa shape index (κ1) is 10.4. The van der Waals surface area contributed by atoms with Gasteiger partial charge in [-0.25, -0.2) is 9.37 Å². The lowest BCUT2D eigenvalue weighted by Crippen LogP contribution is -1.91. The third-order valence-electron chi connectivity index (χ3n) is 2.28. The molecule has 0 aliphatic rings. The van der Waals surface area contributed by atoms with Crippen LogP contribution in [0.2, 0.25) is 0 Å². The first-order valence-electron chi connectivity index (χ1n) is 4.76. The van der Waals surface area contributed by atoms with Gasteiger partial charge in [-0.2, -0.15) is 0 Å². The number of benzene rings is 1. The molecule has 82 valence electrons. The monoisotopic (exact) mass is 218 g/mol. The number of aromatic nitrogens is 1. The molecule has 0 saturated heterocycles. The Hall–Kier alpha value is -2.10. The van der Waals surface area contributed by atoms with Crippen molar-refractivity contribution in [2.75, 3.05) is 12.8 Å². The predicted molar refractivity (Wildman–Crippen MR) is 60.6 cm³/mol. The lowest BCUT2D eigenvalue weighted by molar-refractivity contribution is 0.398. The Morgan fingerprint density at radius 1 is 1.19 bits per heavy atom. The van der Waals surface area contributed by atoms with Crippen molar-refractivity contribution in [3.63, 3.8) is 0 Å². The van der Waals surface area contributed by atoms with Gasteiger partial charge in [0.1, 0.15) is 5.82 Å². The summed E-state index contributed by atoms with van der Waals surface area (Å²) in [6.45, 7) is 0. The van der Waals surface area contributed by atoms with E-state index in [9.17, 15) is 4.39 Å². The topological polar surface area (TPSA) is 48.1 Å². The van der Waals surface area contributed by atoms with Gasteiger partial charge in [0.05, 0.1) is 12.8 Å². The highest BCUT2D eigenvalue weighted by atomic mass is 19.1. The van der Waals surface area contributed by atoms with Crippen LogP contribution in [0, 0.1) is 5.82 Å². The number of ether oxygens (including phenoxy) is 1. The summed E-state index contributed by atoms with van der Waals surface area (Å²) in [5.41, 5.74) is 7.14. The number of rotatable bonds is 2. The van der Waals surface area contributed by atoms with Gasteiger partial charge in [0.15, 0.2) is 0 Å². The number of anilines is 1. The molecule has 2 aromatic rings. The molecular weight excluding hydrogens is 207 g/mol. The van der Waals surface area contributed by atoms with E-state index in [4.69, 9.17) is 10.5 Å². The summed E-state index contributed by atoms with van der Waals surface area (Å²) in [5.74, 6) is 0.0722. The minimum Gasteiger partial charge on any atom is -0.481 e. The molecule has 0 fully saturated rings. The van der Waals surface area contributed by atoms with Crippen molar-refractivity contribution in [3.05, 3.63) is 42.3 Å². The number of methoxy groups -OCH3 is 1. The highest BCUT2D eigenvalue weighted by Crippen LogP contribution is 2.24. The lowest BCUT2D eigenvalue weighted by atomic mass is 10.1. The maximum atomic E-state index is 13.3. The first-order valence-corrected chi connectivity index (χ1v) is 4.76. The van der Waals surface area contributed by atoms with Crippen LogP contribution in [0.5, 0.6) is 5.88 Å². The molecule has 0 unspecified atom stereocenters. The molecule has 1 aromatic carbocycles. The third-order valence-corrected chi connectivity index (χ3v) is 2.28. The molecule has 0 saturated carbocycles. The van der Waals surface area contributed by atoms with Gasteiger partial charge in [0.25, 0.3) is 0 Å². The molecule has 1 aromatic heterocycles. The van der Waals surface area contributed by atoms with Crippen LogP contribution in [0.15, 0.2) is 36.5 Å². The van der Waals surface area contributed by atoms with Crippen LogP contribution in [-0.4, -0.2) is 12.1 Å². The van der Waals surface area contributed by atoms with E-state index in [1.54, 1.807) is 24.4 Å². The van der Waals surface area contributed by atoms with E-state index in [1.165, 1.54) is 19.2 Å². The van der Waals surface area contributed by atoms with E-state index in [1.807, 2.05) is 0 Å². The molecule has 0 aliphatic heterocycles. The Morgan fingerprint density at radius 3 is 2.62 bits per heavy atom. The predicted octanol–water partition coefficient (Wildman–Crippen LogP) is 2.48. The first-order chi connectivity index (χ1) is 7.70. The number of nitrogens with zero attached hydrogens (tertiary/aromatic N) is 1. The number of halogens is 1. The summed E-state index contributed by atoms with van der Waals surface area (Å²) < 4.78 is 18.3. The van der Waals surface area contributed by atoms with Crippen LogP contribution >= 0.6 is 0 Å². The van der Waals surface area contributed by atoms with Gasteiger partial charge in [0, 0.05) is 12.3 Å². The number of nitrogen functional groups attached to an aromatic ring is 1. The largest absolute Gasteiger partial charge is 0.481 e. The molecule has 0 amide bonds. The zero-order valence-corrected chi connectivity index (χ0v) is 8.77. The summed E-state index contributed by atoms with van der Waals surface area (Å²) in [7, 11) is 1.54. The van der Waals surface area contributed by atoms with Crippen LogP contribution in [0.4, 0.5) is 10.1 Å². The average Bonchev–Trinajstić information content (AvgIpc) is 2.33. The standard InChI is InChI=1S/C12H11FN2O/c1-16-12-7-9(4-5-15-12)8-2-3-11(14)10(13)6-8/h2-7H,14H2,1H3. The molecule has 0 atom stereocenters. The summed E-state index contributed by atoms with van der Waals surface area (Å²) in [5, 5.41) is 0. The fourth-order valence-electron chi connectivity index (χ4n) is 1.41. The van der Waals surface area contributed by atoms with Crippen molar-refractivity contribution in [1.82, 2.24) is 4.98 Å². The smallest absolute Gasteiger partial charge is 0.213 e. The zero-order valence-electron chi connectivity index (χ0n) is 8.77. The normalized spacial score (nSPS) is 10.1. The Morgan fingerprint density at radius 2 is 1.94 bits per heavy atom. The quantitative estimate of drug-likeness (QED) is 0.788. The van der Waals surface area contributed by atoms with Crippen LogP contribution in [-0.2, 0) is 0 Å². The molecule has 2 rings (SSSR count). The summed E-state index contributed by atoms with van der Waals surface area (Å²) in [6.07, 6.45) is 1.61. The van der Waals surface area contributed by atoms with Crippen molar-refractivity contribution in [1.29, 1.82) is 0 Å². The number of nitrogens with two attached hydrogens (primary N) is 1. The minimum atomic E-state index is -0.423. The van der Waals surface area contributed by atoms with Crippen LogP contribution < -0.4 is 10.5 Å². The molecule has 0 bridgehead atoms. The van der Waals surface area contributed by atoms with E-state index >= 15 is 0 Å². The van der Waals surface area contributed by atoms with Gasteiger partial charge in [-0.05, 0) is 29.3 Å². The summed E-state index contributed by atoms with van der Waals surface area (Å²) >= 11 is 0. The number of pyridine rings is 1. The molecule has 1 heterocycles. The molecule has 2 N–H and O–H groups in total. The van der Waals surface area contributed by atoms with Gasteiger partial charge < -0.3 is 10.5 Å². The van der Waals surface area contributed by atoms with Crippen molar-refractivity contribution in [2.24, 2.45) is 0 Å². The van der Waals surface area contributed by atoms with Crippen molar-refractivity contribution in [3.8, 4) is 17.0 Å². The van der Waals surface area contributed by atoms with E-state index < -0.39 is 5.82 Å². The van der Waals surface area contributed by atoms with Gasteiger partial charge in [-0.15, -0.1) is 0 Å². The molecular formula is C12H11FN2O. The molecule has 16 heavy (non-hydrogen) atoms. The van der Waals surface area contributed by atoms with E-state index in [0.29, 0.717) is 5.88 Å². The molecule has 0 aliphatic carbocycles. The maximum Gasteiger partial charge on any atom is 0.213 e. The Balaban J connectivity index is 2.46. The fraction of sp³-hybridized carbons (Fsp3) is 0.0833. The Labute approximate surface area is 92.7 Å². The molecule has 0 radical (unpaired) electrons. The Kier molecular flexibility index (Phi) is 2.72. The second kappa shape index (κ2) is 4.18. The number of hydrogen-bond donors (Lipinski definition) is 1. The van der Waals surface area contributed by atoms with E-state index in [0.717, 1.165) is 11.1 Å². The molecule has 0 spiro atoms. The zero-order chi connectivity index (χ0) is 11.5. The average molecular weight is 218 g/mol. The highest BCUT2D eigenvalue weighted by molar-refractivity contribution is 5.66. The molecule has 3 nitrogen and oxygen atoms in total. The highest BCUT2D eigenvalue weighted by Gasteiger charge is 2.03. The Bertz CT molecular complexity index is 514. The number of hydrogen-bond acceptors (Lipinski definition) is 3. The van der Waals surface area contributed by atoms with Crippen LogP contribution in [0.1, 0.15) is 0 Å². The van der Waals surface area contributed by atoms with Gasteiger partial charge in [-0.3, -0.25) is 0 Å². The van der Waals surface area contributed by atoms with Gasteiger partial charge >= 0.3 is 0 Å².